The number of rotatable bonds is 5. The minimum Gasteiger partial charge on any atom is -0.326 e. The second-order valence-electron chi connectivity index (χ2n) is 6.71. The first-order chi connectivity index (χ1) is 13.6. The van der Waals surface area contributed by atoms with Crippen molar-refractivity contribution < 1.29 is 9.59 Å². The minimum absolute atomic E-state index is 0.00311. The van der Waals surface area contributed by atoms with Gasteiger partial charge in [-0.1, -0.05) is 19.1 Å². The van der Waals surface area contributed by atoms with Crippen LogP contribution in [-0.4, -0.2) is 23.3 Å². The lowest BCUT2D eigenvalue weighted by Gasteiger charge is -2.15. The average Bonchev–Trinajstić information content (AvgIpc) is 3.38. The fourth-order valence-electron chi connectivity index (χ4n) is 3.22. The first-order valence-electron chi connectivity index (χ1n) is 9.40. The molecule has 142 valence electrons. The molecule has 0 unspecified atom stereocenters. The Hall–Kier alpha value is -2.99. The molecule has 0 spiro atoms. The van der Waals surface area contributed by atoms with Crippen molar-refractivity contribution >= 4 is 34.5 Å². The number of nitrogens with zero attached hydrogens (tertiary/aromatic N) is 2. The van der Waals surface area contributed by atoms with Gasteiger partial charge in [0.1, 0.15) is 5.01 Å². The summed E-state index contributed by atoms with van der Waals surface area (Å²) in [5, 5.41) is 5.82. The highest BCUT2D eigenvalue weighted by atomic mass is 32.1. The van der Waals surface area contributed by atoms with Gasteiger partial charge in [0, 0.05) is 47.3 Å². The fourth-order valence-corrected chi connectivity index (χ4v) is 4.05. The second-order valence-corrected chi connectivity index (χ2v) is 7.57. The monoisotopic (exact) mass is 391 g/mol. The maximum absolute atomic E-state index is 11.9. The van der Waals surface area contributed by atoms with E-state index < -0.39 is 0 Å². The highest BCUT2D eigenvalue weighted by Gasteiger charge is 2.21. The van der Waals surface area contributed by atoms with E-state index in [1.54, 1.807) is 11.3 Å². The molecule has 1 aliphatic heterocycles. The van der Waals surface area contributed by atoms with Crippen LogP contribution < -0.4 is 10.2 Å². The highest BCUT2D eigenvalue weighted by Crippen LogP contribution is 2.31. The number of hydrogen-bond donors (Lipinski definition) is 1. The maximum Gasteiger partial charge on any atom is 0.227 e. The molecule has 28 heavy (non-hydrogen) atoms. The van der Waals surface area contributed by atoms with Crippen LogP contribution in [-0.2, 0) is 9.59 Å². The molecule has 2 amide bonds. The van der Waals surface area contributed by atoms with Crippen LogP contribution in [0.15, 0.2) is 53.9 Å². The smallest absolute Gasteiger partial charge is 0.227 e. The maximum atomic E-state index is 11.9. The predicted octanol–water partition coefficient (Wildman–Crippen LogP) is 4.95. The number of amides is 2. The van der Waals surface area contributed by atoms with Gasteiger partial charge in [-0.25, -0.2) is 4.98 Å². The Balaban J connectivity index is 1.49. The van der Waals surface area contributed by atoms with Crippen molar-refractivity contribution in [3.05, 3.63) is 53.9 Å². The average molecular weight is 391 g/mol. The Kier molecular flexibility index (Phi) is 5.21. The molecule has 0 bridgehead atoms. The molecule has 0 saturated carbocycles. The molecule has 2 aromatic carbocycles. The zero-order chi connectivity index (χ0) is 19.5. The van der Waals surface area contributed by atoms with Crippen molar-refractivity contribution in [2.45, 2.75) is 26.2 Å². The molecule has 2 heterocycles. The topological polar surface area (TPSA) is 62.3 Å². The zero-order valence-corrected chi connectivity index (χ0v) is 16.5. The van der Waals surface area contributed by atoms with Crippen molar-refractivity contribution in [3.8, 4) is 21.8 Å². The number of thiazole rings is 1. The molecule has 5 nitrogen and oxygen atoms in total. The van der Waals surface area contributed by atoms with E-state index in [0.717, 1.165) is 46.2 Å². The van der Waals surface area contributed by atoms with Gasteiger partial charge in [-0.05, 0) is 42.8 Å². The summed E-state index contributed by atoms with van der Waals surface area (Å²) in [4.78, 5) is 30.0. The predicted molar refractivity (Wildman–Crippen MR) is 113 cm³/mol. The first kappa shape index (κ1) is 18.4. The van der Waals surface area contributed by atoms with Crippen molar-refractivity contribution in [1.29, 1.82) is 0 Å². The molecule has 1 aliphatic rings. The van der Waals surface area contributed by atoms with E-state index in [2.05, 4.69) is 5.32 Å². The number of benzene rings is 2. The van der Waals surface area contributed by atoms with Crippen LogP contribution in [0.2, 0.25) is 0 Å². The van der Waals surface area contributed by atoms with E-state index in [1.165, 1.54) is 0 Å². The zero-order valence-electron chi connectivity index (χ0n) is 15.6. The lowest BCUT2D eigenvalue weighted by Crippen LogP contribution is -2.23. The molecule has 1 fully saturated rings. The second kappa shape index (κ2) is 7.94. The van der Waals surface area contributed by atoms with Crippen LogP contribution in [0.5, 0.6) is 0 Å². The molecule has 1 N–H and O–H groups in total. The molecule has 1 aromatic heterocycles. The van der Waals surface area contributed by atoms with E-state index in [4.69, 9.17) is 4.98 Å². The van der Waals surface area contributed by atoms with Gasteiger partial charge in [-0.3, -0.25) is 9.59 Å². The van der Waals surface area contributed by atoms with Gasteiger partial charge in [-0.15, -0.1) is 11.3 Å². The number of carbonyl (C=O) groups excluding carboxylic acids is 2. The summed E-state index contributed by atoms with van der Waals surface area (Å²) in [6.45, 7) is 2.63. The van der Waals surface area contributed by atoms with E-state index in [1.807, 2.05) is 65.7 Å². The molecule has 6 heteroatoms. The number of aromatic nitrogens is 1. The normalized spacial score (nSPS) is 13.8. The molecule has 3 aromatic rings. The van der Waals surface area contributed by atoms with Crippen molar-refractivity contribution in [1.82, 2.24) is 4.98 Å². The standard InChI is InChI=1S/C22H21N3O2S/c1-2-20(26)23-17-9-5-16(6-10-17)22-24-19(14-28-22)15-7-11-18(12-8-15)25-13-3-4-21(25)27/h5-12,14H,2-4,13H2,1H3,(H,23,26). The van der Waals surface area contributed by atoms with Crippen molar-refractivity contribution in [3.63, 3.8) is 0 Å². The van der Waals surface area contributed by atoms with E-state index in [9.17, 15) is 9.59 Å². The first-order valence-corrected chi connectivity index (χ1v) is 10.3. The third-order valence-electron chi connectivity index (χ3n) is 4.79. The Morgan fingerprint density at radius 3 is 2.46 bits per heavy atom. The van der Waals surface area contributed by atoms with Gasteiger partial charge in [0.15, 0.2) is 0 Å². The van der Waals surface area contributed by atoms with Crippen LogP contribution in [0.25, 0.3) is 21.8 Å². The quantitative estimate of drug-likeness (QED) is 0.669. The summed E-state index contributed by atoms with van der Waals surface area (Å²) in [6.07, 6.45) is 2.03. The summed E-state index contributed by atoms with van der Waals surface area (Å²) in [7, 11) is 0. The Labute approximate surface area is 168 Å². The molecular weight excluding hydrogens is 370 g/mol. The molecule has 0 radical (unpaired) electrons. The summed E-state index contributed by atoms with van der Waals surface area (Å²) in [6, 6.07) is 15.7. The van der Waals surface area contributed by atoms with Gasteiger partial charge < -0.3 is 10.2 Å². The SMILES string of the molecule is CCC(=O)Nc1ccc(-c2nc(-c3ccc(N4CCCC4=O)cc3)cs2)cc1. The number of carbonyl (C=O) groups is 2. The number of nitrogens with one attached hydrogen (secondary N) is 1. The molecular formula is C22H21N3O2S. The van der Waals surface area contributed by atoms with Crippen molar-refractivity contribution in [2.24, 2.45) is 0 Å². The largest absolute Gasteiger partial charge is 0.326 e. The summed E-state index contributed by atoms with van der Waals surface area (Å²) >= 11 is 1.59. The van der Waals surface area contributed by atoms with Gasteiger partial charge >= 0.3 is 0 Å². The summed E-state index contributed by atoms with van der Waals surface area (Å²) in [5.41, 5.74) is 4.71. The lowest BCUT2D eigenvalue weighted by molar-refractivity contribution is -0.117. The van der Waals surface area contributed by atoms with Crippen LogP contribution in [0.3, 0.4) is 0 Å². The van der Waals surface area contributed by atoms with Crippen molar-refractivity contribution in [2.75, 3.05) is 16.8 Å². The van der Waals surface area contributed by atoms with Crippen LogP contribution in [0, 0.1) is 0 Å². The van der Waals surface area contributed by atoms with Crippen LogP contribution in [0.1, 0.15) is 26.2 Å². The van der Waals surface area contributed by atoms with Crippen LogP contribution in [0.4, 0.5) is 11.4 Å². The van der Waals surface area contributed by atoms with E-state index in [0.29, 0.717) is 12.8 Å². The third kappa shape index (κ3) is 3.82. The van der Waals surface area contributed by atoms with E-state index in [-0.39, 0.29) is 11.8 Å². The minimum atomic E-state index is 0.00311. The summed E-state index contributed by atoms with van der Waals surface area (Å²) in [5.74, 6) is 0.200. The third-order valence-corrected chi connectivity index (χ3v) is 5.68. The van der Waals surface area contributed by atoms with Gasteiger partial charge in [-0.2, -0.15) is 0 Å². The van der Waals surface area contributed by atoms with Gasteiger partial charge in [0.2, 0.25) is 11.8 Å². The van der Waals surface area contributed by atoms with E-state index >= 15 is 0 Å². The highest BCUT2D eigenvalue weighted by molar-refractivity contribution is 7.13. The number of anilines is 2. The Morgan fingerprint density at radius 2 is 1.82 bits per heavy atom. The molecule has 4 rings (SSSR count). The number of hydrogen-bond acceptors (Lipinski definition) is 4. The lowest BCUT2D eigenvalue weighted by atomic mass is 10.1. The molecule has 0 atom stereocenters. The molecule has 0 aliphatic carbocycles. The summed E-state index contributed by atoms with van der Waals surface area (Å²) < 4.78 is 0. The van der Waals surface area contributed by atoms with Gasteiger partial charge in [0.05, 0.1) is 5.69 Å². The Bertz CT molecular complexity index is 993. The fraction of sp³-hybridized carbons (Fsp3) is 0.227. The van der Waals surface area contributed by atoms with Gasteiger partial charge in [0.25, 0.3) is 0 Å². The molecule has 1 saturated heterocycles. The van der Waals surface area contributed by atoms with Crippen LogP contribution >= 0.6 is 11.3 Å². The Morgan fingerprint density at radius 1 is 1.11 bits per heavy atom.